The van der Waals surface area contributed by atoms with Crippen LogP contribution in [0.4, 0.5) is 0 Å². The number of hydrogen-bond donors (Lipinski definition) is 0. The quantitative estimate of drug-likeness (QED) is 0.602. The Morgan fingerprint density at radius 2 is 2.04 bits per heavy atom. The van der Waals surface area contributed by atoms with Gasteiger partial charge in [-0.1, -0.05) is 18.2 Å². The zero-order chi connectivity index (χ0) is 18.3. The summed E-state index contributed by atoms with van der Waals surface area (Å²) in [7, 11) is 2.34. The highest BCUT2D eigenvalue weighted by molar-refractivity contribution is 6.69. The summed E-state index contributed by atoms with van der Waals surface area (Å²) in [6.07, 6.45) is 7.05. The van der Waals surface area contributed by atoms with Gasteiger partial charge in [-0.3, -0.25) is 0 Å². The molecule has 5 rings (SSSR count). The molecule has 2 bridgehead atoms. The third-order valence-electron chi connectivity index (χ3n) is 6.82. The van der Waals surface area contributed by atoms with Crippen molar-refractivity contribution in [1.82, 2.24) is 4.90 Å². The normalized spacial score (nSPS) is 37.3. The molecule has 2 aliphatic carbocycles. The number of ether oxygens (including phenoxy) is 2. The van der Waals surface area contributed by atoms with Gasteiger partial charge in [0, 0.05) is 22.9 Å². The van der Waals surface area contributed by atoms with E-state index in [2.05, 4.69) is 55.9 Å². The van der Waals surface area contributed by atoms with Gasteiger partial charge in [0.1, 0.15) is 12.2 Å². The first-order valence-electron chi connectivity index (χ1n) is 9.78. The lowest BCUT2D eigenvalue weighted by Gasteiger charge is -2.57. The van der Waals surface area contributed by atoms with Crippen LogP contribution in [0.25, 0.3) is 0 Å². The first-order valence-corrected chi connectivity index (χ1v) is 13.2. The van der Waals surface area contributed by atoms with Crippen LogP contribution in [0.5, 0.6) is 11.5 Å². The van der Waals surface area contributed by atoms with E-state index < -0.39 is 8.32 Å². The van der Waals surface area contributed by atoms with E-state index in [4.69, 9.17) is 13.9 Å². The minimum atomic E-state index is -1.68. The molecule has 140 valence electrons. The van der Waals surface area contributed by atoms with Crippen LogP contribution in [0.3, 0.4) is 0 Å². The van der Waals surface area contributed by atoms with Gasteiger partial charge in [-0.2, -0.15) is 0 Å². The molecule has 1 aromatic rings. The Labute approximate surface area is 157 Å². The molecule has 1 saturated heterocycles. The molecule has 0 N–H and O–H groups in total. The molecule has 1 fully saturated rings. The van der Waals surface area contributed by atoms with Crippen molar-refractivity contribution in [2.45, 2.75) is 56.1 Å². The van der Waals surface area contributed by atoms with Crippen LogP contribution in [0.15, 0.2) is 24.3 Å². The molecule has 1 unspecified atom stereocenters. The third kappa shape index (κ3) is 2.08. The number of benzene rings is 1. The number of likely N-dealkylation sites (N-methyl/N-ethyl adjacent to an activating group) is 1. The lowest BCUT2D eigenvalue weighted by molar-refractivity contribution is -0.0402. The summed E-state index contributed by atoms with van der Waals surface area (Å²) in [4.78, 5) is 2.54. The molecule has 2 heterocycles. The van der Waals surface area contributed by atoms with Crippen LogP contribution < -0.4 is 9.47 Å². The van der Waals surface area contributed by atoms with Gasteiger partial charge < -0.3 is 18.8 Å². The van der Waals surface area contributed by atoms with Crippen molar-refractivity contribution in [2.24, 2.45) is 5.92 Å². The van der Waals surface area contributed by atoms with Crippen molar-refractivity contribution >= 4 is 8.32 Å². The largest absolute Gasteiger partial charge is 0.493 e. The molecule has 2 aliphatic heterocycles. The van der Waals surface area contributed by atoms with Gasteiger partial charge in [0.15, 0.2) is 19.8 Å². The van der Waals surface area contributed by atoms with Gasteiger partial charge in [-0.05, 0) is 57.7 Å². The van der Waals surface area contributed by atoms with E-state index in [0.29, 0.717) is 12.0 Å². The van der Waals surface area contributed by atoms with Crippen LogP contribution >= 0.6 is 0 Å². The van der Waals surface area contributed by atoms with Gasteiger partial charge in [-0.15, -0.1) is 0 Å². The van der Waals surface area contributed by atoms with Crippen LogP contribution in [0.2, 0.25) is 19.6 Å². The number of likely N-dealkylation sites (tertiary alicyclic amines) is 1. The molecule has 4 nitrogen and oxygen atoms in total. The molecule has 0 aromatic heterocycles. The van der Waals surface area contributed by atoms with Gasteiger partial charge in [0.05, 0.1) is 7.11 Å². The lowest BCUT2D eigenvalue weighted by atomic mass is 9.53. The Kier molecular flexibility index (Phi) is 3.48. The molecule has 1 aromatic carbocycles. The highest BCUT2D eigenvalue weighted by Gasteiger charge is 2.64. The van der Waals surface area contributed by atoms with Crippen LogP contribution in [-0.4, -0.2) is 52.2 Å². The highest BCUT2D eigenvalue weighted by Crippen LogP contribution is 2.62. The molecule has 5 heteroatoms. The van der Waals surface area contributed by atoms with E-state index in [0.717, 1.165) is 30.9 Å². The predicted molar refractivity (Wildman–Crippen MR) is 105 cm³/mol. The second-order valence-electron chi connectivity index (χ2n) is 9.32. The lowest BCUT2D eigenvalue weighted by Crippen LogP contribution is -2.65. The number of nitrogens with zero attached hydrogens (tertiary/aromatic N) is 1. The summed E-state index contributed by atoms with van der Waals surface area (Å²) in [5.41, 5.74) is 2.90. The summed E-state index contributed by atoms with van der Waals surface area (Å²) in [6, 6.07) is 4.89. The molecule has 1 spiro atoms. The monoisotopic (exact) mass is 371 g/mol. The topological polar surface area (TPSA) is 30.9 Å². The van der Waals surface area contributed by atoms with E-state index in [-0.39, 0.29) is 17.6 Å². The van der Waals surface area contributed by atoms with E-state index in [1.54, 1.807) is 7.11 Å². The van der Waals surface area contributed by atoms with E-state index in [9.17, 15) is 0 Å². The van der Waals surface area contributed by atoms with Crippen LogP contribution in [-0.2, 0) is 16.3 Å². The maximum absolute atomic E-state index is 6.70. The summed E-state index contributed by atoms with van der Waals surface area (Å²) in [5, 5.41) is 0. The van der Waals surface area contributed by atoms with Crippen molar-refractivity contribution < 1.29 is 13.9 Å². The van der Waals surface area contributed by atoms with Gasteiger partial charge in [0.25, 0.3) is 0 Å². The zero-order valence-corrected chi connectivity index (χ0v) is 17.4. The predicted octanol–water partition coefficient (Wildman–Crippen LogP) is 3.36. The SMILES string of the molecule is COc1ccc2c3c1O[C@H]1[C@@H](O[Si](C)(C)C)C=CC4[C@@H](C2)N(C)CC[C@@]341. The second kappa shape index (κ2) is 5.37. The first-order chi connectivity index (χ1) is 12.3. The minimum absolute atomic E-state index is 0.0324. The van der Waals surface area contributed by atoms with Crippen LogP contribution in [0, 0.1) is 5.92 Å². The summed E-state index contributed by atoms with van der Waals surface area (Å²) in [5.74, 6) is 2.35. The standard InChI is InChI=1S/C21H29NO3Si/c1-22-11-10-21-14-7-9-17(25-26(3,4)5)20(21)24-19-16(23-2)8-6-13(18(19)21)12-15(14)22/h6-9,14-15,17,20H,10-12H2,1-5H3/t14?,15-,17+,20+,21+/m1/s1. The van der Waals surface area contributed by atoms with E-state index >= 15 is 0 Å². The molecule has 4 aliphatic rings. The number of hydrogen-bond acceptors (Lipinski definition) is 4. The fraction of sp³-hybridized carbons (Fsp3) is 0.619. The Balaban J connectivity index is 1.71. The maximum Gasteiger partial charge on any atom is 0.184 e. The molecule has 0 amide bonds. The molecule has 0 saturated carbocycles. The molecule has 5 atom stereocenters. The zero-order valence-electron chi connectivity index (χ0n) is 16.4. The summed E-state index contributed by atoms with van der Waals surface area (Å²) < 4.78 is 19.0. The van der Waals surface area contributed by atoms with E-state index in [1.807, 2.05) is 0 Å². The third-order valence-corrected chi connectivity index (χ3v) is 7.80. The summed E-state index contributed by atoms with van der Waals surface area (Å²) >= 11 is 0. The molecule has 26 heavy (non-hydrogen) atoms. The number of methoxy groups -OCH3 is 1. The molecule has 0 radical (unpaired) electrons. The van der Waals surface area contributed by atoms with Gasteiger partial charge in [-0.25, -0.2) is 0 Å². The fourth-order valence-electron chi connectivity index (χ4n) is 5.88. The Bertz CT molecular complexity index is 786. The molecular formula is C21H29NO3Si. The number of rotatable bonds is 3. The van der Waals surface area contributed by atoms with Gasteiger partial charge >= 0.3 is 0 Å². The second-order valence-corrected chi connectivity index (χ2v) is 13.8. The Morgan fingerprint density at radius 3 is 2.77 bits per heavy atom. The smallest absolute Gasteiger partial charge is 0.184 e. The van der Waals surface area contributed by atoms with Crippen molar-refractivity contribution in [3.8, 4) is 11.5 Å². The summed E-state index contributed by atoms with van der Waals surface area (Å²) in [6.45, 7) is 7.90. The van der Waals surface area contributed by atoms with Crippen molar-refractivity contribution in [1.29, 1.82) is 0 Å². The fourth-order valence-corrected chi connectivity index (χ4v) is 6.90. The maximum atomic E-state index is 6.70. The highest BCUT2D eigenvalue weighted by atomic mass is 28.4. The van der Waals surface area contributed by atoms with Crippen molar-refractivity contribution in [3.05, 3.63) is 35.4 Å². The Hall–Kier alpha value is -1.30. The van der Waals surface area contributed by atoms with Crippen LogP contribution in [0.1, 0.15) is 17.5 Å². The minimum Gasteiger partial charge on any atom is -0.493 e. The first kappa shape index (κ1) is 16.8. The molecular weight excluding hydrogens is 342 g/mol. The van der Waals surface area contributed by atoms with Gasteiger partial charge in [0.2, 0.25) is 0 Å². The average Bonchev–Trinajstić information content (AvgIpc) is 2.93. The Morgan fingerprint density at radius 1 is 1.23 bits per heavy atom. The van der Waals surface area contributed by atoms with Crippen molar-refractivity contribution in [2.75, 3.05) is 20.7 Å². The number of piperidine rings is 1. The van der Waals surface area contributed by atoms with E-state index in [1.165, 1.54) is 11.1 Å². The van der Waals surface area contributed by atoms with Crippen molar-refractivity contribution in [3.63, 3.8) is 0 Å². The average molecular weight is 372 g/mol.